The number of hydrogen-bond donors (Lipinski definition) is 0. The van der Waals surface area contributed by atoms with Gasteiger partial charge in [-0.15, -0.1) is 5.10 Å². The molecule has 0 radical (unpaired) electrons. The summed E-state index contributed by atoms with van der Waals surface area (Å²) in [5, 5.41) is 9.02. The van der Waals surface area contributed by atoms with Crippen molar-refractivity contribution in [2.75, 3.05) is 0 Å². The molecule has 0 saturated heterocycles. The Labute approximate surface area is 177 Å². The average molecular weight is 441 g/mol. The average Bonchev–Trinajstić information content (AvgIpc) is 3.20. The zero-order chi connectivity index (χ0) is 19.7. The highest BCUT2D eigenvalue weighted by Crippen LogP contribution is 2.41. The van der Waals surface area contributed by atoms with Gasteiger partial charge in [0, 0.05) is 0 Å². The molecule has 0 bridgehead atoms. The van der Waals surface area contributed by atoms with Gasteiger partial charge in [0.15, 0.2) is 0 Å². The molecule has 3 aromatic carbocycles. The minimum Gasteiger partial charge on any atom is -0.223 e. The van der Waals surface area contributed by atoms with Gasteiger partial charge in [-0.1, -0.05) is 96.2 Å². The lowest BCUT2D eigenvalue weighted by Gasteiger charge is -2.36. The molecule has 0 atom stereocenters. The van der Waals surface area contributed by atoms with Crippen LogP contribution in [0.15, 0.2) is 108 Å². The molecule has 0 aliphatic heterocycles. The second-order valence-electron chi connectivity index (χ2n) is 6.79. The highest BCUT2D eigenvalue weighted by Gasteiger charge is 2.40. The van der Waals surface area contributed by atoms with Crippen LogP contribution in [-0.2, 0) is 5.54 Å². The van der Waals surface area contributed by atoms with E-state index in [0.717, 1.165) is 26.8 Å². The van der Waals surface area contributed by atoms with Gasteiger partial charge in [0.1, 0.15) is 15.7 Å². The summed E-state index contributed by atoms with van der Waals surface area (Å²) in [5.74, 6) is 0. The third-order valence-electron chi connectivity index (χ3n) is 5.17. The Morgan fingerprint density at radius 3 is 1.59 bits per heavy atom. The lowest BCUT2D eigenvalue weighted by Crippen LogP contribution is -2.38. The van der Waals surface area contributed by atoms with Crippen molar-refractivity contribution in [1.29, 1.82) is 0 Å². The van der Waals surface area contributed by atoms with Crippen molar-refractivity contribution in [2.24, 2.45) is 0 Å². The largest absolute Gasteiger partial charge is 0.223 e. The van der Waals surface area contributed by atoms with Crippen LogP contribution >= 0.6 is 15.9 Å². The molecule has 140 valence electrons. The maximum absolute atomic E-state index is 4.62. The monoisotopic (exact) mass is 440 g/mol. The number of nitrogens with zero attached hydrogens (tertiary/aromatic N) is 4. The predicted molar refractivity (Wildman–Crippen MR) is 118 cm³/mol. The van der Waals surface area contributed by atoms with Gasteiger partial charge < -0.3 is 0 Å². The molecule has 0 saturated carbocycles. The van der Waals surface area contributed by atoms with Gasteiger partial charge in [-0.05, 0) is 44.8 Å². The fourth-order valence-corrected chi connectivity index (χ4v) is 4.24. The van der Waals surface area contributed by atoms with E-state index in [-0.39, 0.29) is 0 Å². The van der Waals surface area contributed by atoms with Crippen LogP contribution in [0.2, 0.25) is 0 Å². The van der Waals surface area contributed by atoms with E-state index in [0.29, 0.717) is 5.65 Å². The fraction of sp³-hybridized carbons (Fsp3) is 0.0417. The summed E-state index contributed by atoms with van der Waals surface area (Å²) in [4.78, 5) is 4.51. The Morgan fingerprint density at radius 1 is 0.621 bits per heavy atom. The number of benzene rings is 3. The maximum Gasteiger partial charge on any atom is 0.202 e. The standard InChI is InChI=1S/C24H17BrN4/c25-22-17-16-21-23(26-22)27-28-29(21)24(18-10-4-1-5-11-18,19-12-6-2-7-13-19)20-14-8-3-9-15-20/h1-17H. The van der Waals surface area contributed by atoms with Crippen LogP contribution in [0.1, 0.15) is 16.7 Å². The van der Waals surface area contributed by atoms with Crippen LogP contribution in [0.25, 0.3) is 11.2 Å². The molecule has 2 aromatic heterocycles. The fourth-order valence-electron chi connectivity index (χ4n) is 3.94. The van der Waals surface area contributed by atoms with E-state index in [1.165, 1.54) is 0 Å². The van der Waals surface area contributed by atoms with E-state index in [2.05, 4.69) is 104 Å². The molecule has 2 heterocycles. The second kappa shape index (κ2) is 7.26. The van der Waals surface area contributed by atoms with Crippen LogP contribution < -0.4 is 0 Å². The van der Waals surface area contributed by atoms with Crippen molar-refractivity contribution in [2.45, 2.75) is 5.54 Å². The minimum atomic E-state index is -0.686. The highest BCUT2D eigenvalue weighted by atomic mass is 79.9. The predicted octanol–water partition coefficient (Wildman–Crippen LogP) is 5.43. The van der Waals surface area contributed by atoms with Crippen molar-refractivity contribution in [3.8, 4) is 0 Å². The third-order valence-corrected chi connectivity index (χ3v) is 5.61. The van der Waals surface area contributed by atoms with Gasteiger partial charge in [-0.25, -0.2) is 9.67 Å². The quantitative estimate of drug-likeness (QED) is 0.276. The SMILES string of the molecule is Brc1ccc2c(nnn2C(c2ccccc2)(c2ccccc2)c2ccccc2)n1. The first-order valence-electron chi connectivity index (χ1n) is 9.35. The normalized spacial score (nSPS) is 11.6. The van der Waals surface area contributed by atoms with Gasteiger partial charge in [-0.2, -0.15) is 0 Å². The lowest BCUT2D eigenvalue weighted by atomic mass is 9.77. The summed E-state index contributed by atoms with van der Waals surface area (Å²) in [7, 11) is 0. The molecule has 0 aliphatic rings. The van der Waals surface area contributed by atoms with Gasteiger partial charge >= 0.3 is 0 Å². The first-order chi connectivity index (χ1) is 14.3. The van der Waals surface area contributed by atoms with Gasteiger partial charge in [0.25, 0.3) is 0 Å². The molecule has 4 nitrogen and oxygen atoms in total. The molecular weight excluding hydrogens is 424 g/mol. The van der Waals surface area contributed by atoms with E-state index in [1.807, 2.05) is 35.0 Å². The summed E-state index contributed by atoms with van der Waals surface area (Å²) in [6.07, 6.45) is 0. The Morgan fingerprint density at radius 2 is 1.10 bits per heavy atom. The summed E-state index contributed by atoms with van der Waals surface area (Å²) in [5.41, 5.74) is 4.09. The summed E-state index contributed by atoms with van der Waals surface area (Å²) >= 11 is 3.44. The summed E-state index contributed by atoms with van der Waals surface area (Å²) in [6.45, 7) is 0. The molecular formula is C24H17BrN4. The number of pyridine rings is 1. The topological polar surface area (TPSA) is 43.6 Å². The number of rotatable bonds is 4. The Kier molecular flexibility index (Phi) is 4.45. The smallest absolute Gasteiger partial charge is 0.202 e. The number of hydrogen-bond acceptors (Lipinski definition) is 3. The molecule has 0 aliphatic carbocycles. The number of halogens is 1. The van der Waals surface area contributed by atoms with Crippen molar-refractivity contribution >= 4 is 27.1 Å². The molecule has 29 heavy (non-hydrogen) atoms. The second-order valence-corrected chi connectivity index (χ2v) is 7.60. The van der Waals surface area contributed by atoms with Gasteiger partial charge in [0.2, 0.25) is 5.65 Å². The van der Waals surface area contributed by atoms with E-state index in [1.54, 1.807) is 0 Å². The van der Waals surface area contributed by atoms with Crippen molar-refractivity contribution < 1.29 is 0 Å². The zero-order valence-electron chi connectivity index (χ0n) is 15.5. The van der Waals surface area contributed by atoms with Gasteiger partial charge in [-0.3, -0.25) is 0 Å². The van der Waals surface area contributed by atoms with E-state index in [9.17, 15) is 0 Å². The number of aromatic nitrogens is 4. The van der Waals surface area contributed by atoms with Crippen LogP contribution in [0.3, 0.4) is 0 Å². The zero-order valence-corrected chi connectivity index (χ0v) is 17.1. The van der Waals surface area contributed by atoms with Crippen LogP contribution in [0, 0.1) is 0 Å². The maximum atomic E-state index is 4.62. The van der Waals surface area contributed by atoms with E-state index >= 15 is 0 Å². The first-order valence-corrected chi connectivity index (χ1v) is 10.1. The minimum absolute atomic E-state index is 0.603. The van der Waals surface area contributed by atoms with Crippen molar-refractivity contribution in [3.63, 3.8) is 0 Å². The molecule has 0 amide bonds. The molecule has 5 heteroatoms. The summed E-state index contributed by atoms with van der Waals surface area (Å²) < 4.78 is 2.73. The molecule has 0 fully saturated rings. The third kappa shape index (κ3) is 2.86. The van der Waals surface area contributed by atoms with Crippen molar-refractivity contribution in [3.05, 3.63) is 124 Å². The molecule has 0 spiro atoms. The molecule has 5 aromatic rings. The highest BCUT2D eigenvalue weighted by molar-refractivity contribution is 9.10. The molecule has 5 rings (SSSR count). The Balaban J connectivity index is 1.95. The lowest BCUT2D eigenvalue weighted by molar-refractivity contribution is 0.460. The number of fused-ring (bicyclic) bond motifs is 1. The van der Waals surface area contributed by atoms with Crippen LogP contribution in [0.4, 0.5) is 0 Å². The van der Waals surface area contributed by atoms with E-state index < -0.39 is 5.54 Å². The van der Waals surface area contributed by atoms with Crippen LogP contribution in [0.5, 0.6) is 0 Å². The van der Waals surface area contributed by atoms with E-state index in [4.69, 9.17) is 0 Å². The van der Waals surface area contributed by atoms with Crippen LogP contribution in [-0.4, -0.2) is 20.0 Å². The Bertz CT molecular complexity index is 1150. The van der Waals surface area contributed by atoms with Gasteiger partial charge in [0.05, 0.1) is 0 Å². The Hall–Kier alpha value is -3.31. The first kappa shape index (κ1) is 17.8. The molecule has 0 N–H and O–H groups in total. The summed E-state index contributed by atoms with van der Waals surface area (Å²) in [6, 6.07) is 35.2. The van der Waals surface area contributed by atoms with Crippen molar-refractivity contribution in [1.82, 2.24) is 20.0 Å². The molecule has 0 unspecified atom stereocenters.